The van der Waals surface area contributed by atoms with E-state index in [9.17, 15) is 13.2 Å². The van der Waals surface area contributed by atoms with Crippen LogP contribution in [0.3, 0.4) is 0 Å². The average molecular weight is 523 g/mol. The van der Waals surface area contributed by atoms with Gasteiger partial charge in [0.1, 0.15) is 10.8 Å². The maximum absolute atomic E-state index is 12.5. The van der Waals surface area contributed by atoms with Crippen LogP contribution >= 0.6 is 27.3 Å². The Hall–Kier alpha value is -2.76. The van der Waals surface area contributed by atoms with E-state index in [0.717, 1.165) is 15.0 Å². The van der Waals surface area contributed by atoms with Gasteiger partial charge in [-0.15, -0.1) is 10.2 Å². The van der Waals surface area contributed by atoms with Crippen LogP contribution < -0.4 is 14.8 Å². The first-order valence-corrected chi connectivity index (χ1v) is 12.2. The summed E-state index contributed by atoms with van der Waals surface area (Å²) >= 11 is 4.58. The average Bonchev–Trinajstić information content (AvgIpc) is 3.19. The van der Waals surface area contributed by atoms with E-state index in [1.54, 1.807) is 19.3 Å². The molecule has 162 valence electrons. The quantitative estimate of drug-likeness (QED) is 0.426. The molecule has 1 aromatic heterocycles. The lowest BCUT2D eigenvalue weighted by molar-refractivity contribution is -0.111. The molecule has 3 aromatic rings. The predicted molar refractivity (Wildman–Crippen MR) is 125 cm³/mol. The third kappa shape index (κ3) is 6.12. The second-order valence-electron chi connectivity index (χ2n) is 6.20. The zero-order valence-corrected chi connectivity index (χ0v) is 19.8. The fourth-order valence-corrected chi connectivity index (χ4v) is 4.94. The highest BCUT2D eigenvalue weighted by atomic mass is 79.9. The van der Waals surface area contributed by atoms with Crippen LogP contribution in [0.4, 0.5) is 10.8 Å². The second kappa shape index (κ2) is 10.0. The molecular weight excluding hydrogens is 504 g/mol. The van der Waals surface area contributed by atoms with Gasteiger partial charge < -0.3 is 10.1 Å². The van der Waals surface area contributed by atoms with Crippen LogP contribution in [-0.2, 0) is 21.2 Å². The fraction of sp³-hybridized carbons (Fsp3) is 0.150. The van der Waals surface area contributed by atoms with E-state index in [-0.39, 0.29) is 15.9 Å². The summed E-state index contributed by atoms with van der Waals surface area (Å²) in [6, 6.07) is 11.3. The first-order valence-electron chi connectivity index (χ1n) is 9.08. The van der Waals surface area contributed by atoms with Crippen molar-refractivity contribution >= 4 is 60.1 Å². The van der Waals surface area contributed by atoms with Crippen molar-refractivity contribution in [3.63, 3.8) is 0 Å². The van der Waals surface area contributed by atoms with Crippen LogP contribution in [0.5, 0.6) is 5.75 Å². The number of benzene rings is 2. The van der Waals surface area contributed by atoms with Crippen molar-refractivity contribution < 1.29 is 17.9 Å². The molecule has 1 heterocycles. The minimum absolute atomic E-state index is 0.0531. The molecule has 0 fully saturated rings. The normalized spacial score (nSPS) is 11.5. The molecular formula is C20H19BrN4O4S2. The smallest absolute Gasteiger partial charge is 0.263 e. The number of nitrogens with zero attached hydrogens (tertiary/aromatic N) is 2. The zero-order chi connectivity index (χ0) is 22.4. The SMILES string of the molecule is CCc1nnc(NS(=O)(=O)c2ccc(NC(=O)/C=C/c3ccc(OC)c(Br)c3)cc2)s1. The van der Waals surface area contributed by atoms with Crippen molar-refractivity contribution in [3.05, 3.63) is 63.6 Å². The minimum atomic E-state index is -3.79. The molecule has 0 spiro atoms. The van der Waals surface area contributed by atoms with Crippen LogP contribution in [-0.4, -0.2) is 31.6 Å². The number of ether oxygens (including phenoxy) is 1. The summed E-state index contributed by atoms with van der Waals surface area (Å²) in [7, 11) is -2.22. The number of sulfonamides is 1. The van der Waals surface area contributed by atoms with Gasteiger partial charge in [-0.25, -0.2) is 8.42 Å². The highest BCUT2D eigenvalue weighted by Gasteiger charge is 2.16. The van der Waals surface area contributed by atoms with E-state index in [2.05, 4.69) is 36.2 Å². The fourth-order valence-electron chi connectivity index (χ4n) is 2.47. The van der Waals surface area contributed by atoms with Gasteiger partial charge in [-0.3, -0.25) is 9.52 Å². The maximum Gasteiger partial charge on any atom is 0.263 e. The molecule has 8 nitrogen and oxygen atoms in total. The molecule has 0 saturated heterocycles. The number of amides is 1. The standard InChI is InChI=1S/C20H19BrN4O4S2/c1-3-19-23-24-20(30-19)25-31(27,28)15-8-6-14(7-9-15)22-18(26)11-5-13-4-10-17(29-2)16(21)12-13/h4-12H,3H2,1-2H3,(H,22,26)(H,24,25)/b11-5+. The second-order valence-corrected chi connectivity index (χ2v) is 9.80. The molecule has 0 aliphatic rings. The summed E-state index contributed by atoms with van der Waals surface area (Å²) in [5.41, 5.74) is 1.28. The topological polar surface area (TPSA) is 110 Å². The highest BCUT2D eigenvalue weighted by molar-refractivity contribution is 9.10. The highest BCUT2D eigenvalue weighted by Crippen LogP contribution is 2.26. The van der Waals surface area contributed by atoms with Crippen molar-refractivity contribution in [2.24, 2.45) is 0 Å². The number of carbonyl (C=O) groups is 1. The molecule has 0 radical (unpaired) electrons. The van der Waals surface area contributed by atoms with E-state index >= 15 is 0 Å². The Morgan fingerprint density at radius 3 is 2.55 bits per heavy atom. The van der Waals surface area contributed by atoms with Crippen molar-refractivity contribution in [1.82, 2.24) is 10.2 Å². The van der Waals surface area contributed by atoms with Crippen LogP contribution in [0.15, 0.2) is 57.9 Å². The van der Waals surface area contributed by atoms with E-state index in [4.69, 9.17) is 4.74 Å². The summed E-state index contributed by atoms with van der Waals surface area (Å²) < 4.78 is 33.3. The van der Waals surface area contributed by atoms with E-state index in [1.807, 2.05) is 19.1 Å². The number of rotatable bonds is 8. The van der Waals surface area contributed by atoms with Gasteiger partial charge in [-0.05, 0) is 70.4 Å². The summed E-state index contributed by atoms with van der Waals surface area (Å²) in [6.07, 6.45) is 3.73. The number of anilines is 2. The summed E-state index contributed by atoms with van der Waals surface area (Å²) in [5.74, 6) is 0.352. The number of halogens is 1. The Balaban J connectivity index is 1.63. The number of nitrogens with one attached hydrogen (secondary N) is 2. The van der Waals surface area contributed by atoms with Crippen LogP contribution in [0, 0.1) is 0 Å². The number of aromatic nitrogens is 2. The number of carbonyl (C=O) groups excluding carboxylic acids is 1. The van der Waals surface area contributed by atoms with Gasteiger partial charge in [0.15, 0.2) is 0 Å². The Morgan fingerprint density at radius 1 is 1.19 bits per heavy atom. The van der Waals surface area contributed by atoms with E-state index in [0.29, 0.717) is 17.9 Å². The monoisotopic (exact) mass is 522 g/mol. The Morgan fingerprint density at radius 2 is 1.94 bits per heavy atom. The molecule has 0 aliphatic heterocycles. The Labute approximate surface area is 192 Å². The van der Waals surface area contributed by atoms with E-state index < -0.39 is 10.0 Å². The molecule has 11 heteroatoms. The molecule has 0 atom stereocenters. The summed E-state index contributed by atoms with van der Waals surface area (Å²) in [4.78, 5) is 12.2. The third-order valence-electron chi connectivity index (χ3n) is 4.03. The lowest BCUT2D eigenvalue weighted by Crippen LogP contribution is -2.13. The Kier molecular flexibility index (Phi) is 7.42. The van der Waals surface area contributed by atoms with Crippen molar-refractivity contribution in [2.45, 2.75) is 18.2 Å². The molecule has 0 bridgehead atoms. The third-order valence-corrected chi connectivity index (χ3v) is 7.11. The lowest BCUT2D eigenvalue weighted by Gasteiger charge is -2.07. The molecule has 2 N–H and O–H groups in total. The number of hydrogen-bond acceptors (Lipinski definition) is 7. The van der Waals surface area contributed by atoms with Gasteiger partial charge >= 0.3 is 0 Å². The van der Waals surface area contributed by atoms with Gasteiger partial charge in [0.05, 0.1) is 16.5 Å². The lowest BCUT2D eigenvalue weighted by atomic mass is 10.2. The predicted octanol–water partition coefficient (Wildman–Crippen LogP) is 4.32. The number of methoxy groups -OCH3 is 1. The van der Waals surface area contributed by atoms with Gasteiger partial charge in [0, 0.05) is 11.8 Å². The van der Waals surface area contributed by atoms with E-state index in [1.165, 1.54) is 41.7 Å². The zero-order valence-electron chi connectivity index (χ0n) is 16.6. The van der Waals surface area contributed by atoms with Gasteiger partial charge in [-0.1, -0.05) is 24.3 Å². The first kappa shape index (κ1) is 22.9. The Bertz CT molecular complexity index is 1210. The first-order chi connectivity index (χ1) is 14.8. The minimum Gasteiger partial charge on any atom is -0.496 e. The molecule has 0 unspecified atom stereocenters. The summed E-state index contributed by atoms with van der Waals surface area (Å²) in [6.45, 7) is 1.91. The van der Waals surface area contributed by atoms with Crippen LogP contribution in [0.1, 0.15) is 17.5 Å². The van der Waals surface area contributed by atoms with Gasteiger partial charge in [-0.2, -0.15) is 0 Å². The molecule has 1 amide bonds. The molecule has 0 aliphatic carbocycles. The van der Waals surface area contributed by atoms with Crippen LogP contribution in [0.2, 0.25) is 0 Å². The van der Waals surface area contributed by atoms with Crippen LogP contribution in [0.25, 0.3) is 6.08 Å². The summed E-state index contributed by atoms with van der Waals surface area (Å²) in [5, 5.41) is 11.4. The molecule has 31 heavy (non-hydrogen) atoms. The molecule has 2 aromatic carbocycles. The van der Waals surface area contributed by atoms with Gasteiger partial charge in [0.25, 0.3) is 10.0 Å². The number of hydrogen-bond donors (Lipinski definition) is 2. The largest absolute Gasteiger partial charge is 0.496 e. The van der Waals surface area contributed by atoms with Gasteiger partial charge in [0.2, 0.25) is 11.0 Å². The maximum atomic E-state index is 12.5. The molecule has 0 saturated carbocycles. The van der Waals surface area contributed by atoms with Crippen molar-refractivity contribution in [1.29, 1.82) is 0 Å². The van der Waals surface area contributed by atoms with Crippen molar-refractivity contribution in [2.75, 3.05) is 17.1 Å². The molecule has 3 rings (SSSR count). The number of aryl methyl sites for hydroxylation is 1. The van der Waals surface area contributed by atoms with Crippen molar-refractivity contribution in [3.8, 4) is 5.75 Å².